The van der Waals surface area contributed by atoms with Crippen molar-refractivity contribution in [3.63, 3.8) is 0 Å². The fourth-order valence-corrected chi connectivity index (χ4v) is 8.02. The Morgan fingerprint density at radius 3 is 2.03 bits per heavy atom. The van der Waals surface area contributed by atoms with Crippen molar-refractivity contribution < 1.29 is 4.74 Å². The van der Waals surface area contributed by atoms with Crippen LogP contribution in [0.15, 0.2) is 109 Å². The summed E-state index contributed by atoms with van der Waals surface area (Å²) in [6.45, 7) is 6.41. The number of para-hydroxylation sites is 1. The molecule has 0 bridgehead atoms. The minimum atomic E-state index is -0.722. The highest BCUT2D eigenvalue weighted by Gasteiger charge is 2.30. The van der Waals surface area contributed by atoms with Gasteiger partial charge in [-0.1, -0.05) is 110 Å². The number of piperidine rings is 1. The third kappa shape index (κ3) is 5.90. The maximum atomic E-state index is 6.03. The molecule has 1 atom stereocenters. The third-order valence-electron chi connectivity index (χ3n) is 7.33. The highest BCUT2D eigenvalue weighted by atomic mass is 31.1. The van der Waals surface area contributed by atoms with Crippen molar-refractivity contribution in [3.05, 3.63) is 115 Å². The van der Waals surface area contributed by atoms with E-state index >= 15 is 0 Å². The molecule has 0 radical (unpaired) electrons. The first-order chi connectivity index (χ1) is 18.3. The van der Waals surface area contributed by atoms with Gasteiger partial charge >= 0.3 is 0 Å². The second-order valence-corrected chi connectivity index (χ2v) is 11.8. The lowest BCUT2D eigenvalue weighted by Gasteiger charge is -2.41. The molecule has 1 aliphatic rings. The normalized spacial score (nSPS) is 15.8. The Kier molecular flexibility index (Phi) is 8.56. The van der Waals surface area contributed by atoms with Crippen LogP contribution in [0.5, 0.6) is 5.75 Å². The molecule has 0 N–H and O–H groups in total. The van der Waals surface area contributed by atoms with Gasteiger partial charge in [0.2, 0.25) is 0 Å². The van der Waals surface area contributed by atoms with Crippen LogP contribution < -0.4 is 25.6 Å². The van der Waals surface area contributed by atoms with Crippen LogP contribution in [0.25, 0.3) is 0 Å². The predicted molar refractivity (Wildman–Crippen MR) is 159 cm³/mol. The number of anilines is 1. The van der Waals surface area contributed by atoms with Gasteiger partial charge in [-0.3, -0.25) is 4.90 Å². The zero-order chi connectivity index (χ0) is 25.5. The molecule has 4 aromatic rings. The fraction of sp³-hybridized carbons (Fsp3) is 0.273. The van der Waals surface area contributed by atoms with Crippen molar-refractivity contribution in [2.45, 2.75) is 32.4 Å². The van der Waals surface area contributed by atoms with Gasteiger partial charge in [0.25, 0.3) is 0 Å². The van der Waals surface area contributed by atoms with Gasteiger partial charge < -0.3 is 9.64 Å². The van der Waals surface area contributed by atoms with Crippen LogP contribution in [-0.2, 0) is 6.54 Å². The largest absolute Gasteiger partial charge is 0.495 e. The Hall–Kier alpha value is -3.13. The van der Waals surface area contributed by atoms with E-state index in [1.165, 1.54) is 40.0 Å². The van der Waals surface area contributed by atoms with Gasteiger partial charge in [-0.2, -0.15) is 0 Å². The zero-order valence-electron chi connectivity index (χ0n) is 22.0. The van der Waals surface area contributed by atoms with Gasteiger partial charge in [-0.05, 0) is 49.5 Å². The molecule has 0 saturated carbocycles. The number of methoxy groups -OCH3 is 1. The third-order valence-corrected chi connectivity index (χ3v) is 9.80. The molecule has 0 spiro atoms. The second kappa shape index (κ2) is 12.4. The summed E-state index contributed by atoms with van der Waals surface area (Å²) in [6, 6.07) is 40.0. The van der Waals surface area contributed by atoms with Crippen LogP contribution in [0.1, 0.15) is 25.3 Å². The van der Waals surface area contributed by atoms with Crippen molar-refractivity contribution >= 4 is 29.5 Å². The van der Waals surface area contributed by atoms with E-state index in [-0.39, 0.29) is 0 Å². The number of ether oxygens (including phenoxy) is 1. The minimum Gasteiger partial charge on any atom is -0.495 e. The molecule has 0 aromatic heterocycles. The fourth-order valence-electron chi connectivity index (χ4n) is 5.53. The van der Waals surface area contributed by atoms with Crippen molar-refractivity contribution in [1.82, 2.24) is 4.90 Å². The van der Waals surface area contributed by atoms with Gasteiger partial charge in [0.15, 0.2) is 0 Å². The van der Waals surface area contributed by atoms with E-state index in [4.69, 9.17) is 4.74 Å². The average Bonchev–Trinajstić information content (AvgIpc) is 2.97. The number of hydrogen-bond donors (Lipinski definition) is 0. The smallest absolute Gasteiger partial charge is 0.142 e. The van der Waals surface area contributed by atoms with E-state index in [1.54, 1.807) is 0 Å². The number of rotatable bonds is 9. The topological polar surface area (TPSA) is 15.7 Å². The van der Waals surface area contributed by atoms with Crippen LogP contribution >= 0.6 is 7.92 Å². The number of nitrogens with zero attached hydrogens (tertiary/aromatic N) is 2. The molecule has 4 aromatic carbocycles. The molecule has 0 aliphatic carbocycles. The van der Waals surface area contributed by atoms with Crippen molar-refractivity contribution in [3.8, 4) is 5.75 Å². The number of benzene rings is 4. The summed E-state index contributed by atoms with van der Waals surface area (Å²) in [5.41, 5.74) is 2.65. The maximum Gasteiger partial charge on any atom is 0.142 e. The highest BCUT2D eigenvalue weighted by Crippen LogP contribution is 2.41. The Labute approximate surface area is 223 Å². The first-order valence-corrected chi connectivity index (χ1v) is 14.7. The molecule has 3 nitrogen and oxygen atoms in total. The van der Waals surface area contributed by atoms with Crippen molar-refractivity contribution in [2.24, 2.45) is 0 Å². The standard InChI is InChI=1S/C33H37N2OP/c1-3-34(25-27-15-7-4-8-16-27)28-17-14-24-35(26-28)33-31(36-2)22-13-23-32(33)37(29-18-9-5-10-19-29)30-20-11-6-12-21-30/h4-13,15-16,18-23,28H,3,14,17,24-26H2,1-2H3/t28-/m1/s1. The van der Waals surface area contributed by atoms with Gasteiger partial charge in [-0.15, -0.1) is 0 Å². The minimum absolute atomic E-state index is 0.511. The summed E-state index contributed by atoms with van der Waals surface area (Å²) in [4.78, 5) is 5.25. The molecule has 5 rings (SSSR count). The first kappa shape index (κ1) is 25.5. The summed E-state index contributed by atoms with van der Waals surface area (Å²) in [7, 11) is 1.09. The molecular formula is C33H37N2OP. The van der Waals surface area contributed by atoms with E-state index in [2.05, 4.69) is 126 Å². The molecule has 190 valence electrons. The Balaban J connectivity index is 1.52. The van der Waals surface area contributed by atoms with Crippen LogP contribution in [0.3, 0.4) is 0 Å². The van der Waals surface area contributed by atoms with Gasteiger partial charge in [0.1, 0.15) is 5.75 Å². The molecule has 1 aliphatic heterocycles. The Bertz CT molecular complexity index is 1210. The summed E-state index contributed by atoms with van der Waals surface area (Å²) in [5, 5.41) is 4.11. The summed E-state index contributed by atoms with van der Waals surface area (Å²) in [6.07, 6.45) is 2.41. The zero-order valence-corrected chi connectivity index (χ0v) is 22.9. The molecule has 4 heteroatoms. The van der Waals surface area contributed by atoms with Crippen LogP contribution in [-0.4, -0.2) is 37.7 Å². The molecule has 0 unspecified atom stereocenters. The molecule has 37 heavy (non-hydrogen) atoms. The number of likely N-dealkylation sites (N-methyl/N-ethyl adjacent to an activating group) is 1. The lowest BCUT2D eigenvalue weighted by atomic mass is 10.0. The summed E-state index contributed by atoms with van der Waals surface area (Å²) in [5.74, 6) is 0.976. The van der Waals surface area contributed by atoms with E-state index in [1.807, 2.05) is 7.11 Å². The van der Waals surface area contributed by atoms with Crippen molar-refractivity contribution in [2.75, 3.05) is 31.6 Å². The summed E-state index contributed by atoms with van der Waals surface area (Å²) < 4.78 is 6.03. The lowest BCUT2D eigenvalue weighted by molar-refractivity contribution is 0.176. The van der Waals surface area contributed by atoms with Gasteiger partial charge in [0, 0.05) is 31.0 Å². The molecule has 1 heterocycles. The molecule has 1 saturated heterocycles. The van der Waals surface area contributed by atoms with Gasteiger partial charge in [-0.25, -0.2) is 0 Å². The summed E-state index contributed by atoms with van der Waals surface area (Å²) >= 11 is 0. The van der Waals surface area contributed by atoms with Crippen LogP contribution in [0.2, 0.25) is 0 Å². The molecule has 0 amide bonds. The highest BCUT2D eigenvalue weighted by molar-refractivity contribution is 7.80. The second-order valence-electron chi connectivity index (χ2n) is 9.63. The Morgan fingerprint density at radius 1 is 0.811 bits per heavy atom. The first-order valence-electron chi connectivity index (χ1n) is 13.4. The van der Waals surface area contributed by atoms with Crippen LogP contribution in [0, 0.1) is 0 Å². The maximum absolute atomic E-state index is 6.03. The molecule has 1 fully saturated rings. The SMILES string of the molecule is CCN(Cc1ccccc1)[C@@H]1CCCN(c2c(OC)cccc2P(c2ccccc2)c2ccccc2)C1. The van der Waals surface area contributed by atoms with E-state index in [0.717, 1.165) is 31.9 Å². The molecular weight excluding hydrogens is 471 g/mol. The van der Waals surface area contributed by atoms with E-state index < -0.39 is 7.92 Å². The van der Waals surface area contributed by atoms with Crippen molar-refractivity contribution in [1.29, 1.82) is 0 Å². The quantitative estimate of drug-likeness (QED) is 0.260. The number of hydrogen-bond acceptors (Lipinski definition) is 3. The monoisotopic (exact) mass is 508 g/mol. The Morgan fingerprint density at radius 2 is 1.43 bits per heavy atom. The van der Waals surface area contributed by atoms with E-state index in [9.17, 15) is 0 Å². The lowest BCUT2D eigenvalue weighted by Crippen LogP contribution is -2.48. The predicted octanol–water partition coefficient (Wildman–Crippen LogP) is 5.94. The van der Waals surface area contributed by atoms with Crippen LogP contribution in [0.4, 0.5) is 5.69 Å². The van der Waals surface area contributed by atoms with Gasteiger partial charge in [0.05, 0.1) is 12.8 Å². The average molecular weight is 509 g/mol. The van der Waals surface area contributed by atoms with E-state index in [0.29, 0.717) is 6.04 Å².